The SMILES string of the molecule is Cc1cc2c(cc1C(=O)N1CCCN(C(=O)CC(C)(C)C)CC1)OCCO2. The fraction of sp³-hybridized carbons (Fsp3) is 0.619. The number of carbonyl (C=O) groups is 2. The van der Waals surface area contributed by atoms with Gasteiger partial charge in [0.15, 0.2) is 11.5 Å². The molecule has 3 rings (SSSR count). The van der Waals surface area contributed by atoms with Gasteiger partial charge in [-0.2, -0.15) is 0 Å². The maximum atomic E-state index is 13.1. The zero-order chi connectivity index (χ0) is 19.6. The summed E-state index contributed by atoms with van der Waals surface area (Å²) in [7, 11) is 0. The van der Waals surface area contributed by atoms with E-state index in [2.05, 4.69) is 20.8 Å². The Morgan fingerprint density at radius 1 is 0.963 bits per heavy atom. The van der Waals surface area contributed by atoms with Crippen LogP contribution in [-0.2, 0) is 4.79 Å². The smallest absolute Gasteiger partial charge is 0.254 e. The summed E-state index contributed by atoms with van der Waals surface area (Å²) in [6.07, 6.45) is 1.33. The third-order valence-electron chi connectivity index (χ3n) is 4.94. The number of aryl methyl sites for hydroxylation is 1. The van der Waals surface area contributed by atoms with Gasteiger partial charge in [0.2, 0.25) is 5.91 Å². The van der Waals surface area contributed by atoms with Gasteiger partial charge in [0.1, 0.15) is 13.2 Å². The molecule has 1 saturated heterocycles. The van der Waals surface area contributed by atoms with Gasteiger partial charge in [-0.15, -0.1) is 0 Å². The van der Waals surface area contributed by atoms with Crippen LogP contribution in [0.15, 0.2) is 12.1 Å². The Balaban J connectivity index is 1.69. The third kappa shape index (κ3) is 4.73. The Morgan fingerprint density at radius 3 is 2.22 bits per heavy atom. The first-order valence-electron chi connectivity index (χ1n) is 9.72. The molecule has 0 spiro atoms. The Kier molecular flexibility index (Phi) is 5.63. The maximum Gasteiger partial charge on any atom is 0.254 e. The van der Waals surface area contributed by atoms with Crippen LogP contribution in [0, 0.1) is 12.3 Å². The van der Waals surface area contributed by atoms with Crippen molar-refractivity contribution in [2.75, 3.05) is 39.4 Å². The second-order valence-electron chi connectivity index (χ2n) is 8.57. The molecular formula is C21H30N2O4. The topological polar surface area (TPSA) is 59.1 Å². The fourth-order valence-electron chi connectivity index (χ4n) is 3.53. The molecule has 0 atom stereocenters. The summed E-state index contributed by atoms with van der Waals surface area (Å²) < 4.78 is 11.2. The molecular weight excluding hydrogens is 344 g/mol. The number of benzene rings is 1. The van der Waals surface area contributed by atoms with E-state index in [1.165, 1.54) is 0 Å². The molecule has 1 fully saturated rings. The summed E-state index contributed by atoms with van der Waals surface area (Å²) in [5.41, 5.74) is 1.50. The number of fused-ring (bicyclic) bond motifs is 1. The van der Waals surface area contributed by atoms with Crippen LogP contribution < -0.4 is 9.47 Å². The number of hydrogen-bond acceptors (Lipinski definition) is 4. The Bertz CT molecular complexity index is 724. The normalized spacial score (nSPS) is 17.5. The van der Waals surface area contributed by atoms with E-state index in [1.807, 2.05) is 22.8 Å². The Labute approximate surface area is 161 Å². The van der Waals surface area contributed by atoms with Crippen LogP contribution in [0.4, 0.5) is 0 Å². The van der Waals surface area contributed by atoms with Crippen LogP contribution in [0.5, 0.6) is 11.5 Å². The molecule has 2 amide bonds. The molecule has 0 saturated carbocycles. The van der Waals surface area contributed by atoms with E-state index in [-0.39, 0.29) is 17.2 Å². The first-order valence-corrected chi connectivity index (χ1v) is 9.72. The van der Waals surface area contributed by atoms with Crippen LogP contribution in [0.2, 0.25) is 0 Å². The minimum atomic E-state index is -0.0266. The number of hydrogen-bond donors (Lipinski definition) is 0. The second-order valence-corrected chi connectivity index (χ2v) is 8.57. The summed E-state index contributed by atoms with van der Waals surface area (Å²) in [5.74, 6) is 1.50. The highest BCUT2D eigenvalue weighted by molar-refractivity contribution is 5.96. The molecule has 0 radical (unpaired) electrons. The zero-order valence-corrected chi connectivity index (χ0v) is 16.8. The van der Waals surface area contributed by atoms with Gasteiger partial charge in [0.25, 0.3) is 5.91 Å². The summed E-state index contributed by atoms with van der Waals surface area (Å²) >= 11 is 0. The summed E-state index contributed by atoms with van der Waals surface area (Å²) in [6.45, 7) is 11.7. The molecule has 0 bridgehead atoms. The van der Waals surface area contributed by atoms with Gasteiger partial charge in [-0.1, -0.05) is 20.8 Å². The van der Waals surface area contributed by atoms with Crippen molar-refractivity contribution < 1.29 is 19.1 Å². The minimum Gasteiger partial charge on any atom is -0.486 e. The summed E-state index contributed by atoms with van der Waals surface area (Å²) in [5, 5.41) is 0. The fourth-order valence-corrected chi connectivity index (χ4v) is 3.53. The molecule has 0 unspecified atom stereocenters. The highest BCUT2D eigenvalue weighted by atomic mass is 16.6. The first-order chi connectivity index (χ1) is 12.7. The Morgan fingerprint density at radius 2 is 1.56 bits per heavy atom. The quantitative estimate of drug-likeness (QED) is 0.799. The zero-order valence-electron chi connectivity index (χ0n) is 16.8. The van der Waals surface area contributed by atoms with Crippen molar-refractivity contribution in [2.45, 2.75) is 40.5 Å². The molecule has 0 aromatic heterocycles. The largest absolute Gasteiger partial charge is 0.486 e. The molecule has 1 aromatic rings. The highest BCUT2D eigenvalue weighted by Crippen LogP contribution is 2.33. The van der Waals surface area contributed by atoms with E-state index in [0.29, 0.717) is 62.9 Å². The van der Waals surface area contributed by atoms with Crippen LogP contribution in [0.3, 0.4) is 0 Å². The highest BCUT2D eigenvalue weighted by Gasteiger charge is 2.27. The molecule has 27 heavy (non-hydrogen) atoms. The molecule has 0 N–H and O–H groups in total. The number of nitrogens with zero attached hydrogens (tertiary/aromatic N) is 2. The molecule has 2 aliphatic rings. The van der Waals surface area contributed by atoms with Crippen LogP contribution in [-0.4, -0.2) is 61.0 Å². The third-order valence-corrected chi connectivity index (χ3v) is 4.94. The van der Waals surface area contributed by atoms with Crippen LogP contribution in [0.25, 0.3) is 0 Å². The lowest BCUT2D eigenvalue weighted by molar-refractivity contribution is -0.132. The Hall–Kier alpha value is -2.24. The van der Waals surface area contributed by atoms with E-state index in [4.69, 9.17) is 9.47 Å². The van der Waals surface area contributed by atoms with Gasteiger partial charge in [0.05, 0.1) is 0 Å². The standard InChI is InChI=1S/C21H30N2O4/c1-15-12-17-18(27-11-10-26-17)13-16(15)20(25)23-7-5-6-22(8-9-23)19(24)14-21(2,3)4/h12-13H,5-11,14H2,1-4H3. The lowest BCUT2D eigenvalue weighted by atomic mass is 9.91. The molecule has 6 heteroatoms. The van der Waals surface area contributed by atoms with Crippen LogP contribution >= 0.6 is 0 Å². The van der Waals surface area contributed by atoms with Crippen molar-refractivity contribution in [1.82, 2.24) is 9.80 Å². The number of rotatable bonds is 2. The van der Waals surface area contributed by atoms with E-state index in [0.717, 1.165) is 12.0 Å². The van der Waals surface area contributed by atoms with Crippen molar-refractivity contribution in [3.8, 4) is 11.5 Å². The summed E-state index contributed by atoms with van der Waals surface area (Å²) in [6, 6.07) is 3.66. The van der Waals surface area contributed by atoms with Gasteiger partial charge in [-0.05, 0) is 36.5 Å². The van der Waals surface area contributed by atoms with Crippen molar-refractivity contribution in [3.63, 3.8) is 0 Å². The number of amides is 2. The first kappa shape index (κ1) is 19.5. The monoisotopic (exact) mass is 374 g/mol. The molecule has 2 heterocycles. The minimum absolute atomic E-state index is 0.00501. The lowest BCUT2D eigenvalue weighted by Crippen LogP contribution is -2.38. The number of ether oxygens (including phenoxy) is 2. The van der Waals surface area contributed by atoms with Crippen molar-refractivity contribution in [2.24, 2.45) is 5.41 Å². The molecule has 0 aliphatic carbocycles. The van der Waals surface area contributed by atoms with E-state index in [1.54, 1.807) is 6.07 Å². The maximum absolute atomic E-state index is 13.1. The van der Waals surface area contributed by atoms with Gasteiger partial charge in [-0.25, -0.2) is 0 Å². The van der Waals surface area contributed by atoms with Crippen LogP contribution in [0.1, 0.15) is 49.5 Å². The molecule has 2 aliphatic heterocycles. The van der Waals surface area contributed by atoms with Gasteiger partial charge < -0.3 is 19.3 Å². The van der Waals surface area contributed by atoms with Gasteiger partial charge in [-0.3, -0.25) is 9.59 Å². The predicted molar refractivity (Wildman–Crippen MR) is 103 cm³/mol. The van der Waals surface area contributed by atoms with E-state index in [9.17, 15) is 9.59 Å². The van der Waals surface area contributed by atoms with Gasteiger partial charge >= 0.3 is 0 Å². The summed E-state index contributed by atoms with van der Waals surface area (Å²) in [4.78, 5) is 29.4. The van der Waals surface area contributed by atoms with Crippen molar-refractivity contribution in [3.05, 3.63) is 23.3 Å². The average molecular weight is 374 g/mol. The molecule has 1 aromatic carbocycles. The second kappa shape index (κ2) is 7.79. The van der Waals surface area contributed by atoms with E-state index >= 15 is 0 Å². The molecule has 148 valence electrons. The molecule has 6 nitrogen and oxygen atoms in total. The van der Waals surface area contributed by atoms with Crippen molar-refractivity contribution in [1.29, 1.82) is 0 Å². The van der Waals surface area contributed by atoms with E-state index < -0.39 is 0 Å². The predicted octanol–water partition coefficient (Wildman–Crippen LogP) is 2.88. The van der Waals surface area contributed by atoms with Crippen molar-refractivity contribution >= 4 is 11.8 Å². The lowest BCUT2D eigenvalue weighted by Gasteiger charge is -2.26. The van der Waals surface area contributed by atoms with Gasteiger partial charge in [0, 0.05) is 38.2 Å². The number of carbonyl (C=O) groups excluding carboxylic acids is 2. The average Bonchev–Trinajstić information content (AvgIpc) is 2.85.